The van der Waals surface area contributed by atoms with E-state index in [0.717, 1.165) is 12.8 Å². The molecule has 0 amide bonds. The average Bonchev–Trinajstić information content (AvgIpc) is 2.10. The molecule has 0 aromatic rings. The van der Waals surface area contributed by atoms with Crippen molar-refractivity contribution in [3.8, 4) is 0 Å². The Balaban J connectivity index is 2.90. The fourth-order valence-corrected chi connectivity index (χ4v) is 1.17. The van der Waals surface area contributed by atoms with Gasteiger partial charge >= 0.3 is 0 Å². The topological polar surface area (TPSA) is 35.2 Å². The largest absolute Gasteiger partial charge is 0.367 e. The molecule has 0 aliphatic rings. The van der Waals surface area contributed by atoms with Crippen molar-refractivity contribution in [1.82, 2.24) is 0 Å². The predicted molar refractivity (Wildman–Crippen MR) is 52.7 cm³/mol. The summed E-state index contributed by atoms with van der Waals surface area (Å²) in [6.07, 6.45) is 8.34. The number of ether oxygens (including phenoxy) is 1. The molecule has 0 fully saturated rings. The first-order valence-electron chi connectivity index (χ1n) is 4.89. The zero-order valence-corrected chi connectivity index (χ0v) is 8.22. The van der Waals surface area contributed by atoms with E-state index in [0.29, 0.717) is 0 Å². The molecule has 0 spiro atoms. The maximum atomic E-state index is 5.58. The first-order chi connectivity index (χ1) is 5.81. The fourth-order valence-electron chi connectivity index (χ4n) is 1.17. The van der Waals surface area contributed by atoms with Crippen LogP contribution in [0.4, 0.5) is 0 Å². The van der Waals surface area contributed by atoms with Crippen molar-refractivity contribution in [3.63, 3.8) is 0 Å². The summed E-state index contributed by atoms with van der Waals surface area (Å²) in [5.74, 6) is 0. The molecular weight excluding hydrogens is 150 g/mol. The van der Waals surface area contributed by atoms with Gasteiger partial charge in [-0.15, -0.1) is 0 Å². The van der Waals surface area contributed by atoms with Crippen LogP contribution in [0, 0.1) is 6.92 Å². The molecule has 2 N–H and O–H groups in total. The Morgan fingerprint density at radius 1 is 1.17 bits per heavy atom. The van der Waals surface area contributed by atoms with Gasteiger partial charge in [-0.3, -0.25) is 0 Å². The van der Waals surface area contributed by atoms with Crippen molar-refractivity contribution < 1.29 is 4.74 Å². The van der Waals surface area contributed by atoms with E-state index in [1.807, 2.05) is 0 Å². The molecule has 0 heterocycles. The van der Waals surface area contributed by atoms with E-state index in [9.17, 15) is 0 Å². The molecule has 1 atom stereocenters. The Labute approximate surface area is 76.5 Å². The number of hydrogen-bond donors (Lipinski definition) is 1. The van der Waals surface area contributed by atoms with Crippen molar-refractivity contribution in [3.05, 3.63) is 6.92 Å². The van der Waals surface area contributed by atoms with Crippen LogP contribution in [-0.2, 0) is 4.74 Å². The molecule has 0 bridgehead atoms. The van der Waals surface area contributed by atoms with Crippen LogP contribution < -0.4 is 5.73 Å². The molecule has 0 aromatic carbocycles. The van der Waals surface area contributed by atoms with Crippen LogP contribution >= 0.6 is 0 Å². The summed E-state index contributed by atoms with van der Waals surface area (Å²) in [7, 11) is 1.66. The highest BCUT2D eigenvalue weighted by atomic mass is 16.5. The molecule has 0 aromatic heterocycles. The van der Waals surface area contributed by atoms with Crippen LogP contribution in [0.15, 0.2) is 0 Å². The number of nitrogens with two attached hydrogens (primary N) is 1. The van der Waals surface area contributed by atoms with Gasteiger partial charge in [0.25, 0.3) is 0 Å². The average molecular weight is 172 g/mol. The van der Waals surface area contributed by atoms with Crippen LogP contribution in [0.1, 0.15) is 44.9 Å². The minimum absolute atomic E-state index is 0.0576. The highest BCUT2D eigenvalue weighted by Gasteiger charge is 1.97. The van der Waals surface area contributed by atoms with Gasteiger partial charge in [-0.05, 0) is 12.8 Å². The third kappa shape index (κ3) is 8.02. The van der Waals surface area contributed by atoms with E-state index in [1.54, 1.807) is 7.11 Å². The molecule has 0 saturated carbocycles. The zero-order valence-electron chi connectivity index (χ0n) is 8.22. The minimum atomic E-state index is -0.0576. The highest BCUT2D eigenvalue weighted by Crippen LogP contribution is 2.07. The second-order valence-electron chi connectivity index (χ2n) is 3.18. The Morgan fingerprint density at radius 3 is 2.33 bits per heavy atom. The van der Waals surface area contributed by atoms with Gasteiger partial charge < -0.3 is 10.5 Å². The lowest BCUT2D eigenvalue weighted by Gasteiger charge is -2.08. The lowest BCUT2D eigenvalue weighted by Crippen LogP contribution is -2.21. The molecule has 12 heavy (non-hydrogen) atoms. The maximum absolute atomic E-state index is 5.58. The number of methoxy groups -OCH3 is 1. The smallest absolute Gasteiger partial charge is 0.105 e. The van der Waals surface area contributed by atoms with Gasteiger partial charge in [-0.1, -0.05) is 39.0 Å². The van der Waals surface area contributed by atoms with Crippen molar-refractivity contribution in [2.24, 2.45) is 5.73 Å². The zero-order chi connectivity index (χ0) is 9.23. The molecule has 0 aliphatic carbocycles. The Kier molecular flexibility index (Phi) is 8.95. The van der Waals surface area contributed by atoms with E-state index in [2.05, 4.69) is 6.92 Å². The molecule has 0 aliphatic heterocycles. The van der Waals surface area contributed by atoms with Crippen LogP contribution in [0.5, 0.6) is 0 Å². The predicted octanol–water partition coefficient (Wildman–Crippen LogP) is 2.48. The van der Waals surface area contributed by atoms with Gasteiger partial charge in [-0.2, -0.15) is 0 Å². The van der Waals surface area contributed by atoms with Crippen molar-refractivity contribution in [2.75, 3.05) is 7.11 Å². The highest BCUT2D eigenvalue weighted by molar-refractivity contribution is 4.50. The molecule has 0 rings (SSSR count). The second-order valence-corrected chi connectivity index (χ2v) is 3.18. The van der Waals surface area contributed by atoms with Gasteiger partial charge in [0.1, 0.15) is 6.23 Å². The summed E-state index contributed by atoms with van der Waals surface area (Å²) in [5.41, 5.74) is 5.58. The van der Waals surface area contributed by atoms with Gasteiger partial charge in [0.2, 0.25) is 0 Å². The molecule has 1 unspecified atom stereocenters. The normalized spacial score (nSPS) is 13.2. The molecule has 2 heteroatoms. The van der Waals surface area contributed by atoms with Crippen molar-refractivity contribution in [1.29, 1.82) is 0 Å². The summed E-state index contributed by atoms with van der Waals surface area (Å²) in [6, 6.07) is 0. The maximum Gasteiger partial charge on any atom is 0.105 e. The molecule has 1 radical (unpaired) electrons. The molecular formula is C10H22NO. The van der Waals surface area contributed by atoms with Gasteiger partial charge in [-0.25, -0.2) is 0 Å². The Morgan fingerprint density at radius 2 is 1.75 bits per heavy atom. The van der Waals surface area contributed by atoms with E-state index >= 15 is 0 Å². The standard InChI is InChI=1S/C10H22NO/c1-3-4-5-6-7-8-9-10(11)12-2/h10H,1,3-9,11H2,2H3. The van der Waals surface area contributed by atoms with Crippen LogP contribution in [0.2, 0.25) is 0 Å². The lowest BCUT2D eigenvalue weighted by atomic mass is 10.1. The summed E-state index contributed by atoms with van der Waals surface area (Å²) in [5, 5.41) is 0. The fraction of sp³-hybridized carbons (Fsp3) is 0.900. The van der Waals surface area contributed by atoms with Gasteiger partial charge in [0.05, 0.1) is 0 Å². The second kappa shape index (κ2) is 9.01. The quantitative estimate of drug-likeness (QED) is 0.451. The molecule has 2 nitrogen and oxygen atoms in total. The third-order valence-electron chi connectivity index (χ3n) is 2.04. The summed E-state index contributed by atoms with van der Waals surface area (Å²) < 4.78 is 4.95. The van der Waals surface area contributed by atoms with Crippen LogP contribution in [-0.4, -0.2) is 13.3 Å². The number of hydrogen-bond acceptors (Lipinski definition) is 2. The SMILES string of the molecule is [CH2]CCCCCCCC(N)OC. The lowest BCUT2D eigenvalue weighted by molar-refractivity contribution is 0.0983. The van der Waals surface area contributed by atoms with Gasteiger partial charge in [0, 0.05) is 7.11 Å². The van der Waals surface area contributed by atoms with E-state index in [-0.39, 0.29) is 6.23 Å². The summed E-state index contributed by atoms with van der Waals surface area (Å²) in [6.45, 7) is 3.80. The van der Waals surface area contributed by atoms with Gasteiger partial charge in [0.15, 0.2) is 0 Å². The minimum Gasteiger partial charge on any atom is -0.367 e. The third-order valence-corrected chi connectivity index (χ3v) is 2.04. The first kappa shape index (κ1) is 11.9. The van der Waals surface area contributed by atoms with Crippen molar-refractivity contribution in [2.45, 2.75) is 51.2 Å². The van der Waals surface area contributed by atoms with Crippen LogP contribution in [0.25, 0.3) is 0 Å². The Hall–Kier alpha value is -0.0800. The first-order valence-corrected chi connectivity index (χ1v) is 4.89. The molecule has 73 valence electrons. The monoisotopic (exact) mass is 172 g/mol. The summed E-state index contributed by atoms with van der Waals surface area (Å²) in [4.78, 5) is 0. The van der Waals surface area contributed by atoms with E-state index in [1.165, 1.54) is 32.1 Å². The van der Waals surface area contributed by atoms with E-state index in [4.69, 9.17) is 10.5 Å². The summed E-state index contributed by atoms with van der Waals surface area (Å²) >= 11 is 0. The Bertz CT molecular complexity index is 85.9. The molecule has 0 saturated heterocycles. The van der Waals surface area contributed by atoms with E-state index < -0.39 is 0 Å². The van der Waals surface area contributed by atoms with Crippen molar-refractivity contribution >= 4 is 0 Å². The number of rotatable bonds is 8. The number of unbranched alkanes of at least 4 members (excludes halogenated alkanes) is 5. The van der Waals surface area contributed by atoms with Crippen LogP contribution in [0.3, 0.4) is 0 Å².